The van der Waals surface area contributed by atoms with Gasteiger partial charge in [0, 0.05) is 35.7 Å². The number of rotatable bonds is 6. The molecule has 3 aromatic heterocycles. The second-order valence-corrected chi connectivity index (χ2v) is 11.6. The molecule has 1 aliphatic rings. The number of ether oxygens (including phenoxy) is 1. The van der Waals surface area contributed by atoms with Crippen LogP contribution in [-0.2, 0) is 11.3 Å². The van der Waals surface area contributed by atoms with Crippen molar-refractivity contribution in [3.8, 4) is 17.0 Å². The van der Waals surface area contributed by atoms with Crippen LogP contribution in [0.1, 0.15) is 23.8 Å². The number of likely N-dealkylation sites (tertiary alicyclic amines) is 1. The van der Waals surface area contributed by atoms with Crippen LogP contribution in [0.4, 0.5) is 26.3 Å². The number of amides is 1. The zero-order valence-electron chi connectivity index (χ0n) is 20.2. The summed E-state index contributed by atoms with van der Waals surface area (Å²) in [7, 11) is 0. The molecule has 1 aromatic carbocycles. The summed E-state index contributed by atoms with van der Waals surface area (Å²) >= 11 is 6.90. The highest BCUT2D eigenvalue weighted by Gasteiger charge is 2.34. The number of pyridine rings is 1. The van der Waals surface area contributed by atoms with E-state index in [1.54, 1.807) is 34.1 Å². The lowest BCUT2D eigenvalue weighted by Crippen LogP contribution is -2.39. The van der Waals surface area contributed by atoms with E-state index in [0.717, 1.165) is 23.5 Å². The minimum Gasteiger partial charge on any atom is -0.406 e. The van der Waals surface area contributed by atoms with Crippen molar-refractivity contribution < 1.29 is 35.9 Å². The monoisotopic (exact) mass is 621 g/mol. The third-order valence-electron chi connectivity index (χ3n) is 6.10. The van der Waals surface area contributed by atoms with Crippen molar-refractivity contribution in [3.05, 3.63) is 52.2 Å². The zero-order valence-corrected chi connectivity index (χ0v) is 22.6. The van der Waals surface area contributed by atoms with Gasteiger partial charge in [0.25, 0.3) is 0 Å². The first-order chi connectivity index (χ1) is 18.8. The number of hydrogen-bond acceptors (Lipinski definition) is 7. The second kappa shape index (κ2) is 11.1. The number of hydrogen-bond donors (Lipinski definition) is 0. The molecule has 0 N–H and O–H groups in total. The van der Waals surface area contributed by atoms with Crippen molar-refractivity contribution in [2.24, 2.45) is 0 Å². The van der Waals surface area contributed by atoms with Gasteiger partial charge in [-0.15, -0.1) is 24.5 Å². The number of halogens is 7. The summed E-state index contributed by atoms with van der Waals surface area (Å²) in [5.41, 5.74) is -3.40. The van der Waals surface area contributed by atoms with Gasteiger partial charge in [-0.05, 0) is 54.9 Å². The topological polar surface area (TPSA) is 73.1 Å². The Balaban J connectivity index is 1.29. The SMILES string of the molecule is O=C(Cn1cnc2cccnc21)N1CCC(c2nc(-c3cc(OC(F)(F)F)cc(SC(F)(F)F)c3)c(Cl)s2)CC1. The predicted octanol–water partition coefficient (Wildman–Crippen LogP) is 7.12. The average Bonchev–Trinajstić information content (AvgIpc) is 3.45. The highest BCUT2D eigenvalue weighted by Crippen LogP contribution is 2.44. The molecule has 5 rings (SSSR count). The third kappa shape index (κ3) is 6.81. The molecule has 212 valence electrons. The lowest BCUT2D eigenvalue weighted by Gasteiger charge is -2.31. The third-order valence-corrected chi connectivity index (χ3v) is 8.22. The second-order valence-electron chi connectivity index (χ2n) is 8.84. The van der Waals surface area contributed by atoms with Gasteiger partial charge in [0.1, 0.15) is 27.8 Å². The van der Waals surface area contributed by atoms with E-state index in [2.05, 4.69) is 19.7 Å². The number of piperidine rings is 1. The normalized spacial score (nSPS) is 15.1. The standard InChI is InChI=1S/C24H18ClF6N5O2S2/c25-20-19(14-8-15(38-23(26,27)28)10-16(9-14)40-24(29,30)31)34-22(39-20)13-3-6-35(7-4-13)18(37)11-36-12-33-17-2-1-5-32-21(17)36/h1-2,5,8-10,12-13H,3-4,6-7,11H2. The van der Waals surface area contributed by atoms with Crippen molar-refractivity contribution in [1.82, 2.24) is 24.4 Å². The molecule has 16 heteroatoms. The van der Waals surface area contributed by atoms with E-state index >= 15 is 0 Å². The van der Waals surface area contributed by atoms with Crippen LogP contribution in [0.3, 0.4) is 0 Å². The molecule has 7 nitrogen and oxygen atoms in total. The zero-order chi connectivity index (χ0) is 28.7. The Bertz CT molecular complexity index is 1500. The molecule has 0 radical (unpaired) electrons. The van der Waals surface area contributed by atoms with E-state index in [-0.39, 0.29) is 34.0 Å². The fourth-order valence-electron chi connectivity index (χ4n) is 4.40. The van der Waals surface area contributed by atoms with E-state index < -0.39 is 34.3 Å². The van der Waals surface area contributed by atoms with Gasteiger partial charge in [-0.2, -0.15) is 13.2 Å². The Morgan fingerprint density at radius 1 is 1.12 bits per heavy atom. The smallest absolute Gasteiger partial charge is 0.406 e. The number of thioether (sulfide) groups is 1. The van der Waals surface area contributed by atoms with Crippen LogP contribution in [0, 0.1) is 0 Å². The van der Waals surface area contributed by atoms with Crippen molar-refractivity contribution in [2.75, 3.05) is 13.1 Å². The summed E-state index contributed by atoms with van der Waals surface area (Å²) in [6.07, 6.45) is -0.786. The quantitative estimate of drug-likeness (QED) is 0.169. The molecule has 1 amide bonds. The van der Waals surface area contributed by atoms with Gasteiger partial charge >= 0.3 is 11.9 Å². The molecule has 1 fully saturated rings. The van der Waals surface area contributed by atoms with Gasteiger partial charge in [0.05, 0.1) is 11.3 Å². The molecular weight excluding hydrogens is 604 g/mol. The molecule has 0 spiro atoms. The summed E-state index contributed by atoms with van der Waals surface area (Å²) in [6, 6.07) is 6.25. The first-order valence-corrected chi connectivity index (χ1v) is 13.7. The van der Waals surface area contributed by atoms with Crippen LogP contribution in [-0.4, -0.2) is 55.3 Å². The average molecular weight is 622 g/mol. The van der Waals surface area contributed by atoms with Crippen LogP contribution < -0.4 is 4.74 Å². The van der Waals surface area contributed by atoms with Crippen LogP contribution in [0.2, 0.25) is 4.34 Å². The van der Waals surface area contributed by atoms with Crippen molar-refractivity contribution >= 4 is 51.8 Å². The van der Waals surface area contributed by atoms with Crippen LogP contribution in [0.5, 0.6) is 5.75 Å². The summed E-state index contributed by atoms with van der Waals surface area (Å²) in [5.74, 6) is -0.998. The number of benzene rings is 1. The maximum atomic E-state index is 13.0. The van der Waals surface area contributed by atoms with Gasteiger partial charge in [-0.1, -0.05) is 11.6 Å². The number of alkyl halides is 6. The molecule has 0 unspecified atom stereocenters. The number of imidazole rings is 1. The number of carbonyl (C=O) groups excluding carboxylic acids is 1. The molecule has 0 saturated carbocycles. The largest absolute Gasteiger partial charge is 0.573 e. The highest BCUT2D eigenvalue weighted by atomic mass is 35.5. The fraction of sp³-hybridized carbons (Fsp3) is 0.333. The van der Waals surface area contributed by atoms with Gasteiger partial charge in [-0.3, -0.25) is 4.79 Å². The number of nitrogens with zero attached hydrogens (tertiary/aromatic N) is 5. The number of thiazole rings is 1. The van der Waals surface area contributed by atoms with E-state index in [0.29, 0.717) is 48.2 Å². The number of carbonyl (C=O) groups is 1. The molecule has 40 heavy (non-hydrogen) atoms. The minimum atomic E-state index is -5.09. The van der Waals surface area contributed by atoms with Gasteiger partial charge in [0.2, 0.25) is 5.91 Å². The van der Waals surface area contributed by atoms with E-state index in [1.807, 2.05) is 0 Å². The number of aromatic nitrogens is 4. The van der Waals surface area contributed by atoms with E-state index in [4.69, 9.17) is 11.6 Å². The molecule has 1 saturated heterocycles. The van der Waals surface area contributed by atoms with Gasteiger partial charge < -0.3 is 14.2 Å². The summed E-state index contributed by atoms with van der Waals surface area (Å²) < 4.78 is 83.0. The molecular formula is C24H18ClF6N5O2S2. The molecule has 0 aliphatic carbocycles. The van der Waals surface area contributed by atoms with E-state index in [1.165, 1.54) is 0 Å². The van der Waals surface area contributed by atoms with Crippen LogP contribution >= 0.6 is 34.7 Å². The molecule has 0 bridgehead atoms. The van der Waals surface area contributed by atoms with Crippen molar-refractivity contribution in [3.63, 3.8) is 0 Å². The van der Waals surface area contributed by atoms with Crippen LogP contribution in [0.25, 0.3) is 22.4 Å². The fourth-order valence-corrected chi connectivity index (χ4v) is 6.40. The molecule has 0 atom stereocenters. The Morgan fingerprint density at radius 3 is 2.58 bits per heavy atom. The van der Waals surface area contributed by atoms with E-state index in [9.17, 15) is 31.1 Å². The summed E-state index contributed by atoms with van der Waals surface area (Å²) in [5, 5.41) is 0.587. The van der Waals surface area contributed by atoms with Crippen LogP contribution in [0.15, 0.2) is 47.8 Å². The first-order valence-electron chi connectivity index (χ1n) is 11.7. The molecule has 4 aromatic rings. The Labute approximate surface area is 236 Å². The first kappa shape index (κ1) is 28.5. The van der Waals surface area contributed by atoms with Crippen molar-refractivity contribution in [1.29, 1.82) is 0 Å². The van der Waals surface area contributed by atoms with Crippen molar-refractivity contribution in [2.45, 2.75) is 42.1 Å². The Hall–Kier alpha value is -3.04. The Kier molecular flexibility index (Phi) is 7.90. The lowest BCUT2D eigenvalue weighted by molar-refractivity contribution is -0.274. The lowest BCUT2D eigenvalue weighted by atomic mass is 9.97. The minimum absolute atomic E-state index is 0.0326. The Morgan fingerprint density at radius 2 is 1.88 bits per heavy atom. The molecule has 4 heterocycles. The number of fused-ring (bicyclic) bond motifs is 1. The summed E-state index contributed by atoms with van der Waals surface area (Å²) in [4.78, 5) is 27.1. The molecule has 1 aliphatic heterocycles. The maximum absolute atomic E-state index is 13.0. The van der Waals surface area contributed by atoms with Gasteiger partial charge in [0.15, 0.2) is 5.65 Å². The summed E-state index contributed by atoms with van der Waals surface area (Å²) in [6.45, 7) is 0.967. The predicted molar refractivity (Wildman–Crippen MR) is 137 cm³/mol. The van der Waals surface area contributed by atoms with Gasteiger partial charge in [-0.25, -0.2) is 15.0 Å². The highest BCUT2D eigenvalue weighted by molar-refractivity contribution is 8.00. The maximum Gasteiger partial charge on any atom is 0.573 e.